The molecule has 1 aromatic carbocycles. The Balaban J connectivity index is 1.90. The van der Waals surface area contributed by atoms with Gasteiger partial charge in [0.2, 0.25) is 5.43 Å². The van der Waals surface area contributed by atoms with Gasteiger partial charge in [-0.15, -0.1) is 0 Å². The summed E-state index contributed by atoms with van der Waals surface area (Å²) in [6, 6.07) is -0.773. The van der Waals surface area contributed by atoms with Gasteiger partial charge in [-0.25, -0.2) is 9.18 Å². The number of benzene rings is 1. The molecule has 1 aliphatic carbocycles. The fraction of sp³-hybridized carbons (Fsp3) is 0.500. The lowest BCUT2D eigenvalue weighted by molar-refractivity contribution is -0.174. The van der Waals surface area contributed by atoms with Gasteiger partial charge in [-0.3, -0.25) is 9.59 Å². The number of fused-ring (bicyclic) bond motifs is 1. The molecule has 1 saturated carbocycles. The third-order valence-corrected chi connectivity index (χ3v) is 6.40. The molecule has 36 heavy (non-hydrogen) atoms. The van der Waals surface area contributed by atoms with Crippen LogP contribution in [0.2, 0.25) is 0 Å². The highest BCUT2D eigenvalue weighted by atomic mass is 19.4. The van der Waals surface area contributed by atoms with Crippen LogP contribution in [0.3, 0.4) is 0 Å². The van der Waals surface area contributed by atoms with E-state index in [0.717, 1.165) is 6.20 Å². The molecule has 0 unspecified atom stereocenters. The third kappa shape index (κ3) is 4.55. The van der Waals surface area contributed by atoms with Gasteiger partial charge in [0.05, 0.1) is 16.9 Å². The highest BCUT2D eigenvalue weighted by Crippen LogP contribution is 2.46. The lowest BCUT2D eigenvalue weighted by atomic mass is 9.88. The molecule has 2 N–H and O–H groups in total. The molecule has 8 nitrogen and oxygen atoms in total. The maximum atomic E-state index is 15.4. The number of carboxylic acids is 1. The lowest BCUT2D eigenvalue weighted by Gasteiger charge is -2.27. The van der Waals surface area contributed by atoms with Gasteiger partial charge in [-0.1, -0.05) is 13.8 Å². The minimum absolute atomic E-state index is 0.154. The Morgan fingerprint density at radius 3 is 2.42 bits per heavy atom. The number of aromatic carboxylic acids is 1. The van der Waals surface area contributed by atoms with Gasteiger partial charge < -0.3 is 24.6 Å². The Hall–Kier alpha value is -3.45. The van der Waals surface area contributed by atoms with Crippen molar-refractivity contribution in [2.75, 3.05) is 18.0 Å². The minimum atomic E-state index is -5.16. The van der Waals surface area contributed by atoms with Gasteiger partial charge in [0, 0.05) is 30.7 Å². The van der Waals surface area contributed by atoms with E-state index in [1.54, 1.807) is 0 Å². The molecule has 1 amide bonds. The summed E-state index contributed by atoms with van der Waals surface area (Å²) in [5.74, 6) is -5.73. The summed E-state index contributed by atoms with van der Waals surface area (Å²) in [5, 5.41) is 10.8. The number of nitrogens with one attached hydrogen (secondary N) is 1. The second-order valence-corrected chi connectivity index (χ2v) is 9.52. The molecule has 14 heteroatoms. The van der Waals surface area contributed by atoms with Gasteiger partial charge in [-0.2, -0.15) is 22.0 Å². The fourth-order valence-corrected chi connectivity index (χ4v) is 4.52. The zero-order valence-electron chi connectivity index (χ0n) is 19.0. The largest absolute Gasteiger partial charge is 0.477 e. The van der Waals surface area contributed by atoms with Crippen molar-refractivity contribution in [1.82, 2.24) is 9.88 Å². The van der Waals surface area contributed by atoms with Crippen molar-refractivity contribution in [3.8, 4) is 5.75 Å². The van der Waals surface area contributed by atoms with Gasteiger partial charge in [0.15, 0.2) is 11.6 Å². The first-order chi connectivity index (χ1) is 16.6. The van der Waals surface area contributed by atoms with Gasteiger partial charge in [0.1, 0.15) is 11.3 Å². The first-order valence-corrected chi connectivity index (χ1v) is 10.8. The molecule has 2 aliphatic rings. The standard InChI is InChI=1S/C22H21F6N3O5/c1-21(2)8-30(7-13(21)29-19(35)22(26,27)28)15-12(23)5-10-14(17(15)36-20(24)25)31(9-3-4-9)6-11(16(10)32)18(33)34/h5-6,9,13,20H,3-4,7-8H2,1-2H3,(H,29,35)(H,33,34)/t13-/m1/s1. The number of carbonyl (C=O) groups excluding carboxylic acids is 1. The van der Waals surface area contributed by atoms with E-state index >= 15 is 4.39 Å². The van der Waals surface area contributed by atoms with E-state index in [2.05, 4.69) is 4.74 Å². The van der Waals surface area contributed by atoms with E-state index in [0.29, 0.717) is 18.9 Å². The number of pyridine rings is 1. The van der Waals surface area contributed by atoms with E-state index in [4.69, 9.17) is 0 Å². The van der Waals surface area contributed by atoms with Crippen LogP contribution in [0.1, 0.15) is 43.1 Å². The second kappa shape index (κ2) is 8.59. The minimum Gasteiger partial charge on any atom is -0.477 e. The summed E-state index contributed by atoms with van der Waals surface area (Å²) >= 11 is 0. The number of hydrogen-bond donors (Lipinski definition) is 2. The van der Waals surface area contributed by atoms with Crippen molar-refractivity contribution in [2.24, 2.45) is 5.41 Å². The Morgan fingerprint density at radius 1 is 1.25 bits per heavy atom. The van der Waals surface area contributed by atoms with Crippen LogP contribution in [-0.2, 0) is 4.79 Å². The van der Waals surface area contributed by atoms with Crippen molar-refractivity contribution < 1.29 is 45.8 Å². The maximum Gasteiger partial charge on any atom is 0.471 e. The van der Waals surface area contributed by atoms with Crippen molar-refractivity contribution in [3.63, 3.8) is 0 Å². The van der Waals surface area contributed by atoms with Gasteiger partial charge in [-0.05, 0) is 18.9 Å². The fourth-order valence-electron chi connectivity index (χ4n) is 4.52. The first kappa shape index (κ1) is 25.6. The van der Waals surface area contributed by atoms with Crippen LogP contribution in [0.15, 0.2) is 17.1 Å². The number of hydrogen-bond acceptors (Lipinski definition) is 5. The number of carboxylic acid groups (broad SMARTS) is 1. The number of amides is 1. The number of alkyl halides is 5. The third-order valence-electron chi connectivity index (χ3n) is 6.40. The van der Waals surface area contributed by atoms with E-state index in [1.165, 1.54) is 23.3 Å². The molecule has 2 fully saturated rings. The van der Waals surface area contributed by atoms with Crippen LogP contribution in [0.4, 0.5) is 32.0 Å². The summed E-state index contributed by atoms with van der Waals surface area (Å²) < 4.78 is 86.9. The Labute approximate surface area is 199 Å². The smallest absolute Gasteiger partial charge is 0.471 e. The number of ether oxygens (including phenoxy) is 1. The molecule has 4 rings (SSSR count). The molecule has 1 aliphatic heterocycles. The molecule has 0 spiro atoms. The summed E-state index contributed by atoms with van der Waals surface area (Å²) in [5.41, 5.74) is -3.60. The normalized spacial score (nSPS) is 19.7. The van der Waals surface area contributed by atoms with Gasteiger partial charge in [0.25, 0.3) is 0 Å². The molecule has 0 radical (unpaired) electrons. The van der Waals surface area contributed by atoms with Crippen LogP contribution >= 0.6 is 0 Å². The number of halogens is 6. The van der Waals surface area contributed by atoms with Crippen molar-refractivity contribution >= 4 is 28.5 Å². The average molecular weight is 521 g/mol. The Kier molecular flexibility index (Phi) is 6.12. The van der Waals surface area contributed by atoms with E-state index in [-0.39, 0.29) is 24.6 Å². The molecule has 2 aromatic rings. The molecule has 0 bridgehead atoms. The van der Waals surface area contributed by atoms with Crippen LogP contribution in [-0.4, -0.2) is 53.5 Å². The predicted molar refractivity (Wildman–Crippen MR) is 114 cm³/mol. The van der Waals surface area contributed by atoms with Crippen molar-refractivity contribution in [2.45, 2.75) is 51.6 Å². The Bertz CT molecular complexity index is 1300. The molecule has 1 atom stereocenters. The van der Waals surface area contributed by atoms with Gasteiger partial charge >= 0.3 is 24.7 Å². The number of rotatable bonds is 6. The molecule has 2 heterocycles. The zero-order valence-corrected chi connectivity index (χ0v) is 19.0. The van der Waals surface area contributed by atoms with E-state index < -0.39 is 69.8 Å². The lowest BCUT2D eigenvalue weighted by Crippen LogP contribution is -2.49. The second-order valence-electron chi connectivity index (χ2n) is 9.52. The van der Waals surface area contributed by atoms with Crippen LogP contribution < -0.4 is 20.4 Å². The zero-order chi connectivity index (χ0) is 26.7. The Morgan fingerprint density at radius 2 is 1.89 bits per heavy atom. The van der Waals surface area contributed by atoms with Crippen LogP contribution in [0, 0.1) is 11.2 Å². The predicted octanol–water partition coefficient (Wildman–Crippen LogP) is 3.67. The molecule has 1 aromatic heterocycles. The van der Waals surface area contributed by atoms with E-state index in [9.17, 15) is 41.4 Å². The van der Waals surface area contributed by atoms with E-state index in [1.807, 2.05) is 5.32 Å². The molecule has 1 saturated heterocycles. The highest BCUT2D eigenvalue weighted by Gasteiger charge is 2.47. The SMILES string of the molecule is CC1(C)CN(c2c(F)cc3c(=O)c(C(=O)O)cn(C4CC4)c3c2OC(F)F)C[C@H]1NC(=O)C(F)(F)F. The topological polar surface area (TPSA) is 101 Å². The first-order valence-electron chi connectivity index (χ1n) is 10.8. The molecule has 196 valence electrons. The number of anilines is 1. The molecular formula is C22H21F6N3O5. The highest BCUT2D eigenvalue weighted by molar-refractivity contribution is 5.97. The number of carbonyl (C=O) groups is 2. The summed E-state index contributed by atoms with van der Waals surface area (Å²) in [6.07, 6.45) is -3.09. The monoisotopic (exact) mass is 521 g/mol. The van der Waals surface area contributed by atoms with Crippen molar-refractivity contribution in [3.05, 3.63) is 33.9 Å². The number of aromatic nitrogens is 1. The van der Waals surface area contributed by atoms with Crippen LogP contribution in [0.25, 0.3) is 10.9 Å². The van der Waals surface area contributed by atoms with Crippen molar-refractivity contribution in [1.29, 1.82) is 0 Å². The average Bonchev–Trinajstić information content (AvgIpc) is 3.52. The number of nitrogens with zero attached hydrogens (tertiary/aromatic N) is 2. The summed E-state index contributed by atoms with van der Waals surface area (Å²) in [7, 11) is 0. The summed E-state index contributed by atoms with van der Waals surface area (Å²) in [4.78, 5) is 37.0. The quantitative estimate of drug-likeness (QED) is 0.563. The van der Waals surface area contributed by atoms with Crippen LogP contribution in [0.5, 0.6) is 5.75 Å². The molecular weight excluding hydrogens is 500 g/mol. The maximum absolute atomic E-state index is 15.4. The summed E-state index contributed by atoms with van der Waals surface area (Å²) in [6.45, 7) is -0.969.